The van der Waals surface area contributed by atoms with Gasteiger partial charge < -0.3 is 11.5 Å². The van der Waals surface area contributed by atoms with E-state index in [1.807, 2.05) is 42.5 Å². The van der Waals surface area contributed by atoms with Crippen molar-refractivity contribution in [1.82, 2.24) is 9.97 Å². The first kappa shape index (κ1) is 11.7. The molecular formula is C14H11ClN4. The van der Waals surface area contributed by atoms with Crippen molar-refractivity contribution in [2.45, 2.75) is 0 Å². The maximum absolute atomic E-state index is 6.03. The van der Waals surface area contributed by atoms with Crippen LogP contribution in [-0.2, 0) is 0 Å². The van der Waals surface area contributed by atoms with Crippen molar-refractivity contribution < 1.29 is 0 Å². The zero-order valence-corrected chi connectivity index (χ0v) is 10.7. The zero-order chi connectivity index (χ0) is 13.4. The summed E-state index contributed by atoms with van der Waals surface area (Å²) in [4.78, 5) is 8.22. The first-order valence-corrected chi connectivity index (χ1v) is 6.10. The van der Waals surface area contributed by atoms with Gasteiger partial charge in [-0.15, -0.1) is 0 Å². The third-order valence-corrected chi connectivity index (χ3v) is 3.14. The molecule has 5 heteroatoms. The van der Waals surface area contributed by atoms with Crippen LogP contribution in [-0.4, -0.2) is 9.97 Å². The molecule has 0 aliphatic carbocycles. The first-order valence-electron chi connectivity index (χ1n) is 5.73. The van der Waals surface area contributed by atoms with Crippen molar-refractivity contribution in [3.63, 3.8) is 0 Å². The van der Waals surface area contributed by atoms with E-state index in [0.717, 1.165) is 22.0 Å². The Morgan fingerprint density at radius 2 is 1.74 bits per heavy atom. The number of benzene rings is 2. The average Bonchev–Trinajstić information content (AvgIpc) is 2.37. The normalized spacial score (nSPS) is 10.8. The molecule has 0 radical (unpaired) electrons. The number of nitrogen functional groups attached to an aromatic ring is 2. The molecule has 1 aromatic heterocycles. The van der Waals surface area contributed by atoms with Crippen LogP contribution in [0.1, 0.15) is 0 Å². The van der Waals surface area contributed by atoms with E-state index >= 15 is 0 Å². The van der Waals surface area contributed by atoms with Crippen molar-refractivity contribution in [3.8, 4) is 11.1 Å². The summed E-state index contributed by atoms with van der Waals surface area (Å²) >= 11 is 6.03. The molecule has 94 valence electrons. The molecule has 0 bridgehead atoms. The van der Waals surface area contributed by atoms with Gasteiger partial charge in [-0.2, -0.15) is 4.98 Å². The Morgan fingerprint density at radius 3 is 2.53 bits per heavy atom. The summed E-state index contributed by atoms with van der Waals surface area (Å²) in [5, 5.41) is 1.46. The van der Waals surface area contributed by atoms with Gasteiger partial charge >= 0.3 is 0 Å². The minimum Gasteiger partial charge on any atom is -0.383 e. The monoisotopic (exact) mass is 270 g/mol. The van der Waals surface area contributed by atoms with Crippen LogP contribution in [0.2, 0.25) is 5.02 Å². The summed E-state index contributed by atoms with van der Waals surface area (Å²) in [7, 11) is 0. The fourth-order valence-electron chi connectivity index (χ4n) is 2.13. The van der Waals surface area contributed by atoms with E-state index in [1.54, 1.807) is 0 Å². The standard InChI is InChI=1S/C14H11ClN4/c15-9-4-1-3-8(7-9)10-5-2-6-11-12(10)13(16)19-14(17)18-11/h1-7H,(H4,16,17,18,19). The molecule has 0 spiro atoms. The van der Waals surface area contributed by atoms with Crippen LogP contribution in [0.3, 0.4) is 0 Å². The van der Waals surface area contributed by atoms with Crippen LogP contribution in [0.5, 0.6) is 0 Å². The van der Waals surface area contributed by atoms with Gasteiger partial charge in [0.05, 0.1) is 10.9 Å². The highest BCUT2D eigenvalue weighted by molar-refractivity contribution is 6.31. The molecule has 19 heavy (non-hydrogen) atoms. The van der Waals surface area contributed by atoms with Gasteiger partial charge in [-0.1, -0.05) is 35.9 Å². The van der Waals surface area contributed by atoms with Gasteiger partial charge in [0, 0.05) is 5.02 Å². The Labute approximate surface area is 115 Å². The van der Waals surface area contributed by atoms with Gasteiger partial charge in [0.25, 0.3) is 0 Å². The minimum atomic E-state index is 0.174. The summed E-state index contributed by atoms with van der Waals surface area (Å²) in [6.45, 7) is 0. The second kappa shape index (κ2) is 4.40. The summed E-state index contributed by atoms with van der Waals surface area (Å²) in [5.74, 6) is 0.548. The first-order chi connectivity index (χ1) is 9.15. The molecule has 0 saturated heterocycles. The van der Waals surface area contributed by atoms with Crippen LogP contribution in [0.25, 0.3) is 22.0 Å². The number of fused-ring (bicyclic) bond motifs is 1. The van der Waals surface area contributed by atoms with Gasteiger partial charge in [0.2, 0.25) is 5.95 Å². The molecule has 0 aliphatic heterocycles. The van der Waals surface area contributed by atoms with Crippen molar-refractivity contribution >= 4 is 34.3 Å². The third kappa shape index (κ3) is 2.06. The molecule has 4 nitrogen and oxygen atoms in total. The van der Waals surface area contributed by atoms with Crippen molar-refractivity contribution in [3.05, 3.63) is 47.5 Å². The number of anilines is 2. The lowest BCUT2D eigenvalue weighted by Crippen LogP contribution is -2.01. The predicted octanol–water partition coefficient (Wildman–Crippen LogP) is 3.11. The molecule has 0 aliphatic rings. The number of aromatic nitrogens is 2. The van der Waals surface area contributed by atoms with E-state index in [0.29, 0.717) is 10.8 Å². The highest BCUT2D eigenvalue weighted by Gasteiger charge is 2.10. The number of nitrogens with two attached hydrogens (primary N) is 2. The maximum atomic E-state index is 6.03. The minimum absolute atomic E-state index is 0.174. The summed E-state index contributed by atoms with van der Waals surface area (Å²) < 4.78 is 0. The summed E-state index contributed by atoms with van der Waals surface area (Å²) in [6.07, 6.45) is 0. The molecule has 3 aromatic rings. The van der Waals surface area contributed by atoms with Crippen molar-refractivity contribution in [2.24, 2.45) is 0 Å². The highest BCUT2D eigenvalue weighted by atomic mass is 35.5. The molecule has 0 saturated carbocycles. The number of nitrogens with zero attached hydrogens (tertiary/aromatic N) is 2. The average molecular weight is 271 g/mol. The Hall–Kier alpha value is -2.33. The lowest BCUT2D eigenvalue weighted by molar-refractivity contribution is 1.25. The van der Waals surface area contributed by atoms with E-state index < -0.39 is 0 Å². The van der Waals surface area contributed by atoms with E-state index in [4.69, 9.17) is 23.1 Å². The number of halogens is 1. The molecule has 0 unspecified atom stereocenters. The fraction of sp³-hybridized carbons (Fsp3) is 0. The molecule has 0 amide bonds. The Bertz CT molecular complexity index is 770. The van der Waals surface area contributed by atoms with Crippen LogP contribution in [0.4, 0.5) is 11.8 Å². The van der Waals surface area contributed by atoms with E-state index in [9.17, 15) is 0 Å². The van der Waals surface area contributed by atoms with E-state index in [-0.39, 0.29) is 5.95 Å². The Morgan fingerprint density at radius 1 is 0.947 bits per heavy atom. The van der Waals surface area contributed by atoms with Gasteiger partial charge in [-0.3, -0.25) is 0 Å². The molecular weight excluding hydrogens is 260 g/mol. The van der Waals surface area contributed by atoms with E-state index in [1.165, 1.54) is 0 Å². The van der Waals surface area contributed by atoms with Crippen LogP contribution < -0.4 is 11.5 Å². The number of hydrogen-bond donors (Lipinski definition) is 2. The quantitative estimate of drug-likeness (QED) is 0.712. The van der Waals surface area contributed by atoms with Gasteiger partial charge in [-0.05, 0) is 29.3 Å². The molecule has 1 heterocycles. The zero-order valence-electron chi connectivity index (χ0n) is 9.97. The summed E-state index contributed by atoms with van der Waals surface area (Å²) in [6, 6.07) is 13.3. The maximum Gasteiger partial charge on any atom is 0.222 e. The SMILES string of the molecule is Nc1nc(N)c2c(-c3cccc(Cl)c3)cccc2n1. The van der Waals surface area contributed by atoms with Crippen LogP contribution in [0, 0.1) is 0 Å². The fourth-order valence-corrected chi connectivity index (χ4v) is 2.32. The molecule has 0 atom stereocenters. The topological polar surface area (TPSA) is 77.8 Å². The molecule has 2 aromatic carbocycles. The summed E-state index contributed by atoms with van der Waals surface area (Å²) in [5.41, 5.74) is 14.2. The van der Waals surface area contributed by atoms with Gasteiger partial charge in [0.1, 0.15) is 5.82 Å². The van der Waals surface area contributed by atoms with Crippen molar-refractivity contribution in [1.29, 1.82) is 0 Å². The Balaban J connectivity index is 2.36. The Kier molecular flexibility index (Phi) is 2.72. The van der Waals surface area contributed by atoms with Crippen LogP contribution in [0.15, 0.2) is 42.5 Å². The smallest absolute Gasteiger partial charge is 0.222 e. The van der Waals surface area contributed by atoms with Crippen LogP contribution >= 0.6 is 11.6 Å². The lowest BCUT2D eigenvalue weighted by atomic mass is 10.0. The second-order valence-corrected chi connectivity index (χ2v) is 4.61. The predicted molar refractivity (Wildman–Crippen MR) is 78.8 cm³/mol. The van der Waals surface area contributed by atoms with Crippen molar-refractivity contribution in [2.75, 3.05) is 11.5 Å². The van der Waals surface area contributed by atoms with E-state index in [2.05, 4.69) is 9.97 Å². The van der Waals surface area contributed by atoms with Gasteiger partial charge in [-0.25, -0.2) is 4.98 Å². The molecule has 3 rings (SSSR count). The number of rotatable bonds is 1. The second-order valence-electron chi connectivity index (χ2n) is 4.18. The highest BCUT2D eigenvalue weighted by Crippen LogP contribution is 2.32. The molecule has 0 fully saturated rings. The third-order valence-electron chi connectivity index (χ3n) is 2.90. The number of hydrogen-bond acceptors (Lipinski definition) is 4. The lowest BCUT2D eigenvalue weighted by Gasteiger charge is -2.09. The largest absolute Gasteiger partial charge is 0.383 e. The van der Waals surface area contributed by atoms with Gasteiger partial charge in [0.15, 0.2) is 0 Å². The molecule has 4 N–H and O–H groups in total.